The highest BCUT2D eigenvalue weighted by atomic mass is 16.1. The fourth-order valence-electron chi connectivity index (χ4n) is 2.44. The minimum atomic E-state index is -0.00639. The molecule has 1 N–H and O–H groups in total. The fraction of sp³-hybridized carbons (Fsp3) is 0.692. The number of aromatic nitrogens is 2. The van der Waals surface area contributed by atoms with Crippen LogP contribution in [0.5, 0.6) is 0 Å². The first-order valence-electron chi connectivity index (χ1n) is 6.80. The van der Waals surface area contributed by atoms with Gasteiger partial charge in [0.25, 0.3) is 5.56 Å². The van der Waals surface area contributed by atoms with E-state index in [2.05, 4.69) is 29.2 Å². The summed E-state index contributed by atoms with van der Waals surface area (Å²) in [4.78, 5) is 14.1. The van der Waals surface area contributed by atoms with Crippen LogP contribution in [-0.4, -0.2) is 35.5 Å². The van der Waals surface area contributed by atoms with Crippen LogP contribution >= 0.6 is 0 Å². The summed E-state index contributed by atoms with van der Waals surface area (Å²) in [6.45, 7) is 7.68. The number of hydrogen-bond acceptors (Lipinski definition) is 4. The van der Waals surface area contributed by atoms with E-state index < -0.39 is 0 Å². The van der Waals surface area contributed by atoms with Crippen LogP contribution in [0.4, 0.5) is 5.69 Å². The lowest BCUT2D eigenvalue weighted by Crippen LogP contribution is -2.34. The second kappa shape index (κ2) is 6.00. The SMILES string of the molecule is CCN(CC)c1cnn(CC2CCCN2)c(=O)c1. The van der Waals surface area contributed by atoms with Crippen LogP contribution in [-0.2, 0) is 6.54 Å². The van der Waals surface area contributed by atoms with Crippen molar-refractivity contribution in [1.29, 1.82) is 0 Å². The van der Waals surface area contributed by atoms with E-state index in [1.54, 1.807) is 16.9 Å². The summed E-state index contributed by atoms with van der Waals surface area (Å²) in [6.07, 6.45) is 4.12. The molecule has 0 saturated carbocycles. The van der Waals surface area contributed by atoms with Gasteiger partial charge < -0.3 is 10.2 Å². The average molecular weight is 250 g/mol. The van der Waals surface area contributed by atoms with Gasteiger partial charge in [-0.2, -0.15) is 5.10 Å². The van der Waals surface area contributed by atoms with Gasteiger partial charge >= 0.3 is 0 Å². The lowest BCUT2D eigenvalue weighted by Gasteiger charge is -2.20. The van der Waals surface area contributed by atoms with Gasteiger partial charge in [0, 0.05) is 25.2 Å². The Hall–Kier alpha value is -1.36. The summed E-state index contributed by atoms with van der Waals surface area (Å²) in [6, 6.07) is 2.09. The molecule has 100 valence electrons. The van der Waals surface area contributed by atoms with E-state index in [0.29, 0.717) is 12.6 Å². The zero-order valence-electron chi connectivity index (χ0n) is 11.2. The Morgan fingerprint density at radius 3 is 2.83 bits per heavy atom. The quantitative estimate of drug-likeness (QED) is 0.841. The second-order valence-electron chi connectivity index (χ2n) is 4.70. The summed E-state index contributed by atoms with van der Waals surface area (Å²) in [7, 11) is 0. The third-order valence-electron chi connectivity index (χ3n) is 3.54. The Labute approximate surface area is 108 Å². The van der Waals surface area contributed by atoms with Gasteiger partial charge in [0.05, 0.1) is 18.4 Å². The number of anilines is 1. The zero-order valence-corrected chi connectivity index (χ0v) is 11.2. The van der Waals surface area contributed by atoms with Crippen LogP contribution in [0.1, 0.15) is 26.7 Å². The molecule has 0 bridgehead atoms. The van der Waals surface area contributed by atoms with Gasteiger partial charge in [-0.1, -0.05) is 0 Å². The van der Waals surface area contributed by atoms with Crippen molar-refractivity contribution in [3.63, 3.8) is 0 Å². The minimum Gasteiger partial charge on any atom is -0.371 e. The molecule has 1 atom stereocenters. The van der Waals surface area contributed by atoms with Gasteiger partial charge in [-0.15, -0.1) is 0 Å². The largest absolute Gasteiger partial charge is 0.371 e. The molecule has 1 aromatic rings. The molecule has 1 aliphatic rings. The van der Waals surface area contributed by atoms with E-state index in [9.17, 15) is 4.79 Å². The maximum absolute atomic E-state index is 12.0. The molecule has 1 aliphatic heterocycles. The topological polar surface area (TPSA) is 50.2 Å². The summed E-state index contributed by atoms with van der Waals surface area (Å²) in [5.41, 5.74) is 0.911. The van der Waals surface area contributed by atoms with Gasteiger partial charge in [0.2, 0.25) is 0 Å². The average Bonchev–Trinajstić information content (AvgIpc) is 2.87. The zero-order chi connectivity index (χ0) is 13.0. The molecule has 0 radical (unpaired) electrons. The normalized spacial score (nSPS) is 19.1. The fourth-order valence-corrected chi connectivity index (χ4v) is 2.44. The Balaban J connectivity index is 2.11. The molecule has 5 heteroatoms. The summed E-state index contributed by atoms with van der Waals surface area (Å²) >= 11 is 0. The van der Waals surface area contributed by atoms with Gasteiger partial charge in [-0.25, -0.2) is 4.68 Å². The molecule has 0 spiro atoms. The predicted octanol–water partition coefficient (Wildman–Crippen LogP) is 0.841. The standard InChI is InChI=1S/C13H22N4O/c1-3-16(4-2)12-8-13(18)17(15-9-12)10-11-6-5-7-14-11/h8-9,11,14H,3-7,10H2,1-2H3. The maximum atomic E-state index is 12.0. The Bertz CT molecular complexity index is 433. The molecule has 0 amide bonds. The molecule has 1 unspecified atom stereocenters. The number of nitrogens with one attached hydrogen (secondary N) is 1. The smallest absolute Gasteiger partial charge is 0.268 e. The molecule has 1 fully saturated rings. The highest BCUT2D eigenvalue weighted by Crippen LogP contribution is 2.09. The first-order valence-corrected chi connectivity index (χ1v) is 6.80. The van der Waals surface area contributed by atoms with Crippen molar-refractivity contribution in [1.82, 2.24) is 15.1 Å². The molecule has 18 heavy (non-hydrogen) atoms. The monoisotopic (exact) mass is 250 g/mol. The molecule has 1 aromatic heterocycles. The molecule has 0 aliphatic carbocycles. The van der Waals surface area contributed by atoms with E-state index in [1.165, 1.54) is 6.42 Å². The number of nitrogens with zero attached hydrogens (tertiary/aromatic N) is 3. The van der Waals surface area contributed by atoms with Gasteiger partial charge in [-0.05, 0) is 33.2 Å². The Morgan fingerprint density at radius 2 is 2.28 bits per heavy atom. The van der Waals surface area contributed by atoms with Gasteiger partial charge in [-0.3, -0.25) is 4.79 Å². The van der Waals surface area contributed by atoms with E-state index in [1.807, 2.05) is 0 Å². The summed E-state index contributed by atoms with van der Waals surface area (Å²) < 4.78 is 1.57. The van der Waals surface area contributed by atoms with E-state index in [0.717, 1.165) is 31.7 Å². The molecular formula is C13H22N4O. The van der Waals surface area contributed by atoms with Crippen molar-refractivity contribution in [3.05, 3.63) is 22.6 Å². The summed E-state index contributed by atoms with van der Waals surface area (Å²) in [5.74, 6) is 0. The maximum Gasteiger partial charge on any atom is 0.268 e. The van der Waals surface area contributed by atoms with Crippen molar-refractivity contribution < 1.29 is 0 Å². The predicted molar refractivity (Wildman–Crippen MR) is 73.1 cm³/mol. The lowest BCUT2D eigenvalue weighted by atomic mass is 10.2. The van der Waals surface area contributed by atoms with E-state index in [-0.39, 0.29) is 5.56 Å². The van der Waals surface area contributed by atoms with Crippen LogP contribution < -0.4 is 15.8 Å². The van der Waals surface area contributed by atoms with Crippen LogP contribution in [0.25, 0.3) is 0 Å². The van der Waals surface area contributed by atoms with Gasteiger partial charge in [0.15, 0.2) is 0 Å². The first-order chi connectivity index (χ1) is 8.74. The molecular weight excluding hydrogens is 228 g/mol. The molecule has 2 rings (SSSR count). The van der Waals surface area contributed by atoms with Crippen LogP contribution in [0.15, 0.2) is 17.1 Å². The number of hydrogen-bond donors (Lipinski definition) is 1. The molecule has 0 aromatic carbocycles. The highest BCUT2D eigenvalue weighted by Gasteiger charge is 2.15. The van der Waals surface area contributed by atoms with Crippen molar-refractivity contribution in [3.8, 4) is 0 Å². The van der Waals surface area contributed by atoms with E-state index >= 15 is 0 Å². The van der Waals surface area contributed by atoms with Crippen molar-refractivity contribution in [2.45, 2.75) is 39.3 Å². The molecule has 1 saturated heterocycles. The summed E-state index contributed by atoms with van der Waals surface area (Å²) in [5, 5.41) is 7.66. The van der Waals surface area contributed by atoms with Crippen LogP contribution in [0.2, 0.25) is 0 Å². The third kappa shape index (κ3) is 2.90. The Kier molecular flexibility index (Phi) is 4.36. The van der Waals surface area contributed by atoms with Gasteiger partial charge in [0.1, 0.15) is 0 Å². The van der Waals surface area contributed by atoms with Crippen molar-refractivity contribution in [2.75, 3.05) is 24.5 Å². The molecule has 2 heterocycles. The van der Waals surface area contributed by atoms with E-state index in [4.69, 9.17) is 0 Å². The molecule has 5 nitrogen and oxygen atoms in total. The first kappa shape index (κ1) is 13.1. The van der Waals surface area contributed by atoms with Crippen molar-refractivity contribution in [2.24, 2.45) is 0 Å². The van der Waals surface area contributed by atoms with Crippen molar-refractivity contribution >= 4 is 5.69 Å². The third-order valence-corrected chi connectivity index (χ3v) is 3.54. The van der Waals surface area contributed by atoms with Crippen LogP contribution in [0, 0.1) is 0 Å². The number of rotatable bonds is 5. The van der Waals surface area contributed by atoms with Crippen LogP contribution in [0.3, 0.4) is 0 Å². The second-order valence-corrected chi connectivity index (χ2v) is 4.70. The minimum absolute atomic E-state index is 0.00639. The Morgan fingerprint density at radius 1 is 1.50 bits per heavy atom. The highest BCUT2D eigenvalue weighted by molar-refractivity contribution is 5.42. The lowest BCUT2D eigenvalue weighted by molar-refractivity contribution is 0.459.